The van der Waals surface area contributed by atoms with Crippen LogP contribution in [0, 0.1) is 11.8 Å². The number of halogens is 2. The van der Waals surface area contributed by atoms with Gasteiger partial charge in [-0.15, -0.1) is 0 Å². The van der Waals surface area contributed by atoms with Crippen LogP contribution < -0.4 is 16.1 Å². The number of hydrogen-bond acceptors (Lipinski definition) is 4. The lowest BCUT2D eigenvalue weighted by molar-refractivity contribution is -0.140. The normalized spacial score (nSPS) is 14.5. The smallest absolute Gasteiger partial charge is 0.319 e. The van der Waals surface area contributed by atoms with Crippen molar-refractivity contribution in [3.63, 3.8) is 0 Å². The Labute approximate surface area is 179 Å². The highest BCUT2D eigenvalue weighted by molar-refractivity contribution is 6.36. The van der Waals surface area contributed by atoms with Gasteiger partial charge in [-0.25, -0.2) is 10.3 Å². The number of carbonyl (C=O) groups excluding carboxylic acids is 3. The number of carbonyl (C=O) groups is 3. The van der Waals surface area contributed by atoms with Crippen molar-refractivity contribution >= 4 is 46.7 Å². The monoisotopic (exact) mass is 444 g/mol. The van der Waals surface area contributed by atoms with Gasteiger partial charge in [0.1, 0.15) is 6.54 Å². The van der Waals surface area contributed by atoms with Crippen molar-refractivity contribution in [2.24, 2.45) is 11.8 Å². The second-order valence-corrected chi connectivity index (χ2v) is 8.22. The van der Waals surface area contributed by atoms with E-state index in [9.17, 15) is 14.4 Å². The van der Waals surface area contributed by atoms with Gasteiger partial charge in [-0.05, 0) is 42.9 Å². The van der Waals surface area contributed by atoms with Crippen LogP contribution in [-0.4, -0.2) is 47.6 Å². The molecule has 0 aliphatic heterocycles. The highest BCUT2D eigenvalue weighted by atomic mass is 35.5. The largest absolute Gasteiger partial charge is 0.338 e. The Morgan fingerprint density at radius 3 is 2.59 bits per heavy atom. The Bertz CT molecular complexity index is 743. The highest BCUT2D eigenvalue weighted by Crippen LogP contribution is 2.27. The van der Waals surface area contributed by atoms with Crippen LogP contribution in [0.15, 0.2) is 18.2 Å². The van der Waals surface area contributed by atoms with Crippen molar-refractivity contribution in [2.45, 2.75) is 32.6 Å². The zero-order valence-electron chi connectivity index (χ0n) is 16.2. The minimum Gasteiger partial charge on any atom is -0.338 e. The molecule has 1 aliphatic rings. The Morgan fingerprint density at radius 1 is 1.28 bits per heavy atom. The van der Waals surface area contributed by atoms with Crippen molar-refractivity contribution < 1.29 is 19.6 Å². The average Bonchev–Trinajstić information content (AvgIpc) is 2.63. The number of hydrogen-bond donors (Lipinski definition) is 4. The van der Waals surface area contributed by atoms with Crippen LogP contribution in [0.2, 0.25) is 10.0 Å². The number of amides is 4. The number of urea groups is 1. The molecule has 0 saturated heterocycles. The summed E-state index contributed by atoms with van der Waals surface area (Å²) in [5.41, 5.74) is 2.00. The van der Waals surface area contributed by atoms with Crippen molar-refractivity contribution in [3.05, 3.63) is 28.2 Å². The van der Waals surface area contributed by atoms with E-state index >= 15 is 0 Å². The predicted octanol–water partition coefficient (Wildman–Crippen LogP) is 3.28. The molecule has 0 radical (unpaired) electrons. The van der Waals surface area contributed by atoms with Crippen LogP contribution in [0.4, 0.5) is 10.5 Å². The molecular formula is C19H26Cl2N4O4. The molecule has 2 rings (SSSR count). The lowest BCUT2D eigenvalue weighted by atomic mass is 9.85. The van der Waals surface area contributed by atoms with Crippen molar-refractivity contribution in [1.82, 2.24) is 15.7 Å². The fraction of sp³-hybridized carbons (Fsp3) is 0.526. The summed E-state index contributed by atoms with van der Waals surface area (Å²) >= 11 is 11.9. The van der Waals surface area contributed by atoms with Crippen LogP contribution in [0.5, 0.6) is 0 Å². The molecule has 1 unspecified atom stereocenters. The van der Waals surface area contributed by atoms with Crippen LogP contribution >= 0.6 is 23.2 Å². The standard InChI is InChI=1S/C19H26Cl2N4O4/c1-12(9-22-19(28)23-16-6-5-14(20)8-15(16)21)7-18(27)25(11-17(26)24-29)10-13-3-2-4-13/h5-6,8,12-13,29H,2-4,7,9-11H2,1H3,(H,24,26)(H2,22,23,28). The predicted molar refractivity (Wildman–Crippen MR) is 111 cm³/mol. The molecule has 29 heavy (non-hydrogen) atoms. The molecule has 1 aromatic carbocycles. The quantitative estimate of drug-likeness (QED) is 0.345. The van der Waals surface area contributed by atoms with E-state index in [1.54, 1.807) is 17.6 Å². The Kier molecular flexibility index (Phi) is 9.00. The van der Waals surface area contributed by atoms with E-state index in [2.05, 4.69) is 10.6 Å². The van der Waals surface area contributed by atoms with Crippen LogP contribution in [0.1, 0.15) is 32.6 Å². The lowest BCUT2D eigenvalue weighted by Gasteiger charge is -2.32. The molecule has 1 atom stereocenters. The second kappa shape index (κ2) is 11.2. The first kappa shape index (κ1) is 23.3. The topological polar surface area (TPSA) is 111 Å². The number of benzene rings is 1. The van der Waals surface area contributed by atoms with E-state index in [0.29, 0.717) is 28.2 Å². The van der Waals surface area contributed by atoms with Gasteiger partial charge < -0.3 is 15.5 Å². The molecule has 0 spiro atoms. The summed E-state index contributed by atoms with van der Waals surface area (Å²) in [5, 5.41) is 14.9. The van der Waals surface area contributed by atoms with Crippen molar-refractivity contribution in [1.29, 1.82) is 0 Å². The van der Waals surface area contributed by atoms with E-state index in [1.165, 1.54) is 11.0 Å². The van der Waals surface area contributed by atoms with Gasteiger partial charge in [-0.3, -0.25) is 14.8 Å². The third-order valence-corrected chi connectivity index (χ3v) is 5.38. The van der Waals surface area contributed by atoms with E-state index in [1.807, 2.05) is 6.92 Å². The first-order valence-corrected chi connectivity index (χ1v) is 10.2. The molecule has 0 bridgehead atoms. The third kappa shape index (κ3) is 7.72. The summed E-state index contributed by atoms with van der Waals surface area (Å²) in [4.78, 5) is 37.6. The highest BCUT2D eigenvalue weighted by Gasteiger charge is 2.26. The van der Waals surface area contributed by atoms with Gasteiger partial charge in [-0.2, -0.15) is 0 Å². The number of hydroxylamine groups is 1. The van der Waals surface area contributed by atoms with Crippen LogP contribution in [0.3, 0.4) is 0 Å². The summed E-state index contributed by atoms with van der Waals surface area (Å²) < 4.78 is 0. The van der Waals surface area contributed by atoms with Crippen LogP contribution in [0.25, 0.3) is 0 Å². The maximum atomic E-state index is 12.6. The Morgan fingerprint density at radius 2 is 2.00 bits per heavy atom. The summed E-state index contributed by atoms with van der Waals surface area (Å²) in [7, 11) is 0. The van der Waals surface area contributed by atoms with Crippen molar-refractivity contribution in [2.75, 3.05) is 25.0 Å². The van der Waals surface area contributed by atoms with Gasteiger partial charge in [0, 0.05) is 24.5 Å². The maximum Gasteiger partial charge on any atom is 0.319 e. The second-order valence-electron chi connectivity index (χ2n) is 7.37. The number of nitrogens with one attached hydrogen (secondary N) is 3. The van der Waals surface area contributed by atoms with Gasteiger partial charge in [0.15, 0.2) is 0 Å². The first-order valence-electron chi connectivity index (χ1n) is 9.49. The Balaban J connectivity index is 1.80. The van der Waals surface area contributed by atoms with Gasteiger partial charge in [0.25, 0.3) is 5.91 Å². The lowest BCUT2D eigenvalue weighted by Crippen LogP contribution is -2.44. The third-order valence-electron chi connectivity index (χ3n) is 4.83. The first-order chi connectivity index (χ1) is 13.8. The fourth-order valence-electron chi connectivity index (χ4n) is 2.97. The van der Waals surface area contributed by atoms with Crippen molar-refractivity contribution in [3.8, 4) is 0 Å². The molecule has 1 fully saturated rings. The summed E-state index contributed by atoms with van der Waals surface area (Å²) in [6, 6.07) is 4.30. The number of rotatable bonds is 9. The summed E-state index contributed by atoms with van der Waals surface area (Å²) in [6.07, 6.45) is 3.38. The molecule has 0 aromatic heterocycles. The molecule has 8 nitrogen and oxygen atoms in total. The van der Waals surface area contributed by atoms with Gasteiger partial charge in [0.05, 0.1) is 10.7 Å². The molecular weight excluding hydrogens is 419 g/mol. The molecule has 1 saturated carbocycles. The van der Waals surface area contributed by atoms with Gasteiger partial charge >= 0.3 is 6.03 Å². The zero-order valence-corrected chi connectivity index (χ0v) is 17.7. The molecule has 1 aliphatic carbocycles. The Hall–Kier alpha value is -2.03. The molecule has 1 aromatic rings. The summed E-state index contributed by atoms with van der Waals surface area (Å²) in [6.45, 7) is 2.43. The molecule has 4 amide bonds. The minimum atomic E-state index is -0.623. The average molecular weight is 445 g/mol. The maximum absolute atomic E-state index is 12.6. The minimum absolute atomic E-state index is 0.144. The number of anilines is 1. The summed E-state index contributed by atoms with van der Waals surface area (Å²) in [5.74, 6) is -0.553. The van der Waals surface area contributed by atoms with Crippen LogP contribution in [-0.2, 0) is 9.59 Å². The zero-order chi connectivity index (χ0) is 21.4. The van der Waals surface area contributed by atoms with E-state index < -0.39 is 11.9 Å². The van der Waals surface area contributed by atoms with E-state index in [-0.39, 0.29) is 31.3 Å². The van der Waals surface area contributed by atoms with E-state index in [4.69, 9.17) is 28.4 Å². The molecule has 10 heteroatoms. The molecule has 0 heterocycles. The molecule has 160 valence electrons. The number of nitrogens with zero attached hydrogens (tertiary/aromatic N) is 1. The SMILES string of the molecule is CC(CNC(=O)Nc1ccc(Cl)cc1Cl)CC(=O)N(CC(=O)NO)CC1CCC1. The fourth-order valence-corrected chi connectivity index (χ4v) is 3.43. The van der Waals surface area contributed by atoms with Gasteiger partial charge in [-0.1, -0.05) is 36.5 Å². The van der Waals surface area contributed by atoms with E-state index in [0.717, 1.165) is 19.3 Å². The molecule has 4 N–H and O–H groups in total. The van der Waals surface area contributed by atoms with Gasteiger partial charge in [0.2, 0.25) is 5.91 Å².